The fourth-order valence-electron chi connectivity index (χ4n) is 3.68. The average molecular weight is 551 g/mol. The summed E-state index contributed by atoms with van der Waals surface area (Å²) in [7, 11) is -3.32. The first-order valence-corrected chi connectivity index (χ1v) is 13.1. The number of amides is 2. The molecule has 3 rings (SSSR count). The van der Waals surface area contributed by atoms with E-state index >= 15 is 0 Å². The van der Waals surface area contributed by atoms with Gasteiger partial charge in [-0.3, -0.25) is 0 Å². The Morgan fingerprint density at radius 3 is 2.34 bits per heavy atom. The Kier molecular flexibility index (Phi) is 8.93. The lowest BCUT2D eigenvalue weighted by atomic mass is 10.1. The smallest absolute Gasteiger partial charge is 0.416 e. The van der Waals surface area contributed by atoms with E-state index in [0.717, 1.165) is 23.8 Å². The van der Waals surface area contributed by atoms with E-state index in [0.29, 0.717) is 23.9 Å². The highest BCUT2D eigenvalue weighted by molar-refractivity contribution is 7.87. The largest absolute Gasteiger partial charge is 0.493 e. The number of methoxy groups -OCH3 is 1. The van der Waals surface area contributed by atoms with Crippen LogP contribution in [0.25, 0.3) is 0 Å². The van der Waals surface area contributed by atoms with E-state index in [-0.39, 0.29) is 30.0 Å². The molecule has 0 heterocycles. The number of benzene rings is 3. The van der Waals surface area contributed by atoms with Gasteiger partial charge in [0.2, 0.25) is 0 Å². The number of hydrogen-bond acceptors (Lipinski definition) is 5. The molecule has 7 nitrogen and oxygen atoms in total. The van der Waals surface area contributed by atoms with E-state index in [9.17, 15) is 26.4 Å². The van der Waals surface area contributed by atoms with Gasteiger partial charge in [0.15, 0.2) is 11.5 Å². The molecule has 11 heteroatoms. The van der Waals surface area contributed by atoms with Crippen molar-refractivity contribution in [3.63, 3.8) is 0 Å². The number of halogens is 3. The average Bonchev–Trinajstić information content (AvgIpc) is 2.83. The van der Waals surface area contributed by atoms with Crippen molar-refractivity contribution in [3.8, 4) is 11.5 Å². The van der Waals surface area contributed by atoms with Crippen molar-refractivity contribution >= 4 is 21.8 Å². The molecule has 0 fully saturated rings. The molecule has 3 aromatic rings. The molecule has 0 aliphatic carbocycles. The third-order valence-electron chi connectivity index (χ3n) is 5.39. The number of nitrogens with zero attached hydrogens (tertiary/aromatic N) is 1. The summed E-state index contributed by atoms with van der Waals surface area (Å²) in [5, 5.41) is 2.87. The molecular formula is C27H29F3N2O5S. The Morgan fingerprint density at radius 1 is 1.00 bits per heavy atom. The molecule has 0 atom stereocenters. The van der Waals surface area contributed by atoms with Gasteiger partial charge in [-0.2, -0.15) is 21.6 Å². The van der Waals surface area contributed by atoms with Crippen molar-refractivity contribution < 1.29 is 35.3 Å². The Hall–Kier alpha value is -3.73. The zero-order valence-electron chi connectivity index (χ0n) is 21.4. The SMILES string of the molecule is COc1ccc(CN(CC(C)C)C(=O)Nc2cccc(C)c2)cc1OS(=O)(=O)c1cccc(C(F)(F)F)c1. The summed E-state index contributed by atoms with van der Waals surface area (Å²) in [5.41, 5.74) is 1.03. The predicted molar refractivity (Wildman–Crippen MR) is 138 cm³/mol. The molecule has 204 valence electrons. The van der Waals surface area contributed by atoms with Gasteiger partial charge in [0.25, 0.3) is 0 Å². The topological polar surface area (TPSA) is 84.9 Å². The highest BCUT2D eigenvalue weighted by Gasteiger charge is 2.32. The van der Waals surface area contributed by atoms with Crippen LogP contribution in [0.5, 0.6) is 11.5 Å². The van der Waals surface area contributed by atoms with E-state index in [1.807, 2.05) is 39.0 Å². The molecule has 2 amide bonds. The third-order valence-corrected chi connectivity index (χ3v) is 6.62. The number of carbonyl (C=O) groups excluding carboxylic acids is 1. The second-order valence-electron chi connectivity index (χ2n) is 9.12. The Balaban J connectivity index is 1.88. The molecule has 38 heavy (non-hydrogen) atoms. The minimum absolute atomic E-state index is 0.0592. The van der Waals surface area contributed by atoms with Crippen LogP contribution in [-0.4, -0.2) is 33.0 Å². The van der Waals surface area contributed by atoms with Gasteiger partial charge < -0.3 is 19.1 Å². The fourth-order valence-corrected chi connectivity index (χ4v) is 4.66. The van der Waals surface area contributed by atoms with Crippen LogP contribution in [0, 0.1) is 12.8 Å². The van der Waals surface area contributed by atoms with Crippen LogP contribution in [0.2, 0.25) is 0 Å². The van der Waals surface area contributed by atoms with E-state index in [4.69, 9.17) is 8.92 Å². The number of urea groups is 1. The van der Waals surface area contributed by atoms with Gasteiger partial charge in [-0.25, -0.2) is 4.79 Å². The summed E-state index contributed by atoms with van der Waals surface area (Å²) >= 11 is 0. The molecule has 0 bridgehead atoms. The number of nitrogens with one attached hydrogen (secondary N) is 1. The minimum atomic E-state index is -4.72. The van der Waals surface area contributed by atoms with Gasteiger partial charge in [0, 0.05) is 18.8 Å². The van der Waals surface area contributed by atoms with Crippen LogP contribution in [-0.2, 0) is 22.8 Å². The maximum atomic E-state index is 13.1. The van der Waals surface area contributed by atoms with Crippen molar-refractivity contribution in [2.75, 3.05) is 19.0 Å². The lowest BCUT2D eigenvalue weighted by molar-refractivity contribution is -0.137. The molecule has 3 aromatic carbocycles. The van der Waals surface area contributed by atoms with E-state index in [2.05, 4.69) is 5.32 Å². The standard InChI is InChI=1S/C27H29F3N2O5S/c1-18(2)16-32(26(33)31-22-9-5-7-19(3)13-22)17-20-11-12-24(36-4)25(14-20)37-38(34,35)23-10-6-8-21(15-23)27(28,29)30/h5-15,18H,16-17H2,1-4H3,(H,31,33). The van der Waals surface area contributed by atoms with Gasteiger partial charge in [-0.05, 0) is 66.4 Å². The van der Waals surface area contributed by atoms with Gasteiger partial charge in [0.1, 0.15) is 4.90 Å². The van der Waals surface area contributed by atoms with Crippen LogP contribution >= 0.6 is 0 Å². The monoisotopic (exact) mass is 550 g/mol. The number of anilines is 1. The maximum absolute atomic E-state index is 13.1. The second-order valence-corrected chi connectivity index (χ2v) is 10.7. The van der Waals surface area contributed by atoms with Gasteiger partial charge in [0.05, 0.1) is 12.7 Å². The summed E-state index contributed by atoms with van der Waals surface area (Å²) in [6.07, 6.45) is -4.72. The van der Waals surface area contributed by atoms with Gasteiger partial charge in [-0.15, -0.1) is 0 Å². The van der Waals surface area contributed by atoms with Crippen LogP contribution in [0.3, 0.4) is 0 Å². The van der Waals surface area contributed by atoms with Crippen molar-refractivity contribution in [2.24, 2.45) is 5.92 Å². The molecule has 0 aromatic heterocycles. The molecule has 0 unspecified atom stereocenters. The normalized spacial score (nSPS) is 11.8. The fraction of sp³-hybridized carbons (Fsp3) is 0.296. The first kappa shape index (κ1) is 28.8. The molecule has 0 aliphatic heterocycles. The van der Waals surface area contributed by atoms with Gasteiger partial charge in [-0.1, -0.05) is 38.1 Å². The summed E-state index contributed by atoms with van der Waals surface area (Å²) in [6, 6.07) is 14.8. The zero-order valence-corrected chi connectivity index (χ0v) is 22.2. The summed E-state index contributed by atoms with van der Waals surface area (Å²) in [5.74, 6) is -0.0246. The summed E-state index contributed by atoms with van der Waals surface area (Å²) < 4.78 is 75.4. The molecule has 0 radical (unpaired) electrons. The molecule has 0 aliphatic rings. The van der Waals surface area contributed by atoms with Crippen molar-refractivity contribution in [1.29, 1.82) is 0 Å². The van der Waals surface area contributed by atoms with E-state index < -0.39 is 26.8 Å². The Bertz CT molecular complexity index is 1390. The first-order valence-electron chi connectivity index (χ1n) is 11.7. The van der Waals surface area contributed by atoms with E-state index in [1.165, 1.54) is 19.2 Å². The molecule has 0 saturated carbocycles. The Morgan fingerprint density at radius 2 is 1.71 bits per heavy atom. The third kappa shape index (κ3) is 7.64. The number of aryl methyl sites for hydroxylation is 1. The molecule has 0 spiro atoms. The summed E-state index contributed by atoms with van der Waals surface area (Å²) in [6.45, 7) is 6.34. The molecule has 0 saturated heterocycles. The number of ether oxygens (including phenoxy) is 1. The van der Waals surface area contributed by atoms with Crippen molar-refractivity contribution in [3.05, 3.63) is 83.4 Å². The minimum Gasteiger partial charge on any atom is -0.493 e. The lowest BCUT2D eigenvalue weighted by Gasteiger charge is -2.25. The van der Waals surface area contributed by atoms with E-state index in [1.54, 1.807) is 17.0 Å². The second kappa shape index (κ2) is 11.8. The molecular weight excluding hydrogens is 521 g/mol. The van der Waals surface area contributed by atoms with Crippen LogP contribution in [0.15, 0.2) is 71.6 Å². The van der Waals surface area contributed by atoms with Crippen LogP contribution in [0.4, 0.5) is 23.7 Å². The first-order chi connectivity index (χ1) is 17.8. The maximum Gasteiger partial charge on any atom is 0.416 e. The predicted octanol–water partition coefficient (Wildman–Crippen LogP) is 6.48. The zero-order chi connectivity index (χ0) is 28.1. The number of carbonyl (C=O) groups is 1. The lowest BCUT2D eigenvalue weighted by Crippen LogP contribution is -2.37. The molecule has 1 N–H and O–H groups in total. The number of alkyl halides is 3. The van der Waals surface area contributed by atoms with Crippen LogP contribution < -0.4 is 14.2 Å². The highest BCUT2D eigenvalue weighted by atomic mass is 32.2. The summed E-state index contributed by atoms with van der Waals surface area (Å²) in [4.78, 5) is 14.0. The number of hydrogen-bond donors (Lipinski definition) is 1. The quantitative estimate of drug-likeness (QED) is 0.308. The number of rotatable bonds is 9. The Labute approximate surface area is 220 Å². The van der Waals surface area contributed by atoms with Crippen molar-refractivity contribution in [2.45, 2.75) is 38.4 Å². The van der Waals surface area contributed by atoms with Crippen LogP contribution in [0.1, 0.15) is 30.5 Å². The van der Waals surface area contributed by atoms with Crippen molar-refractivity contribution in [1.82, 2.24) is 4.90 Å². The van der Waals surface area contributed by atoms with Gasteiger partial charge >= 0.3 is 22.3 Å². The highest BCUT2D eigenvalue weighted by Crippen LogP contribution is 2.34.